The van der Waals surface area contributed by atoms with Gasteiger partial charge in [-0.3, -0.25) is 10.2 Å². The van der Waals surface area contributed by atoms with Crippen LogP contribution < -0.4 is 10.7 Å². The number of ether oxygens (including phenoxy) is 1. The second-order valence-corrected chi connectivity index (χ2v) is 4.81. The van der Waals surface area contributed by atoms with E-state index in [2.05, 4.69) is 15.8 Å². The molecule has 1 amide bonds. The van der Waals surface area contributed by atoms with E-state index in [1.165, 1.54) is 0 Å². The summed E-state index contributed by atoms with van der Waals surface area (Å²) in [5, 5.41) is 15.4. The number of hydrogen-bond donors (Lipinski definition) is 2. The van der Waals surface area contributed by atoms with Gasteiger partial charge in [-0.05, 0) is 37.3 Å². The molecule has 0 saturated heterocycles. The van der Waals surface area contributed by atoms with Crippen LogP contribution in [0.4, 0.5) is 11.4 Å². The van der Waals surface area contributed by atoms with Crippen molar-refractivity contribution in [2.75, 3.05) is 17.3 Å². The van der Waals surface area contributed by atoms with E-state index in [0.29, 0.717) is 16.9 Å². The van der Waals surface area contributed by atoms with Gasteiger partial charge in [0.2, 0.25) is 5.71 Å². The number of carbonyl (C=O) groups excluding carboxylic acids is 2. The van der Waals surface area contributed by atoms with Gasteiger partial charge in [0.1, 0.15) is 6.07 Å². The number of amides is 1. The lowest BCUT2D eigenvalue weighted by molar-refractivity contribution is -0.134. The monoisotopic (exact) mass is 336 g/mol. The summed E-state index contributed by atoms with van der Waals surface area (Å²) >= 11 is 0. The van der Waals surface area contributed by atoms with E-state index >= 15 is 0 Å². The molecule has 2 rings (SSSR count). The SMILES string of the molecule is CCOC(=O)/C(C#N)=N\Nc1cccc(C(=O)Nc2ccccc2)c1. The molecule has 126 valence electrons. The number of benzene rings is 2. The number of rotatable bonds is 6. The number of nitrogens with one attached hydrogen (secondary N) is 2. The Kier molecular flexibility index (Phi) is 6.25. The zero-order valence-corrected chi connectivity index (χ0v) is 13.5. The van der Waals surface area contributed by atoms with Gasteiger partial charge in [-0.15, -0.1) is 0 Å². The second kappa shape index (κ2) is 8.84. The molecule has 0 unspecified atom stereocenters. The number of nitriles is 1. The van der Waals surface area contributed by atoms with E-state index in [-0.39, 0.29) is 12.5 Å². The van der Waals surface area contributed by atoms with Gasteiger partial charge in [0, 0.05) is 11.3 Å². The Morgan fingerprint density at radius 2 is 1.84 bits per heavy atom. The first kappa shape index (κ1) is 17.7. The first-order valence-corrected chi connectivity index (χ1v) is 7.51. The second-order valence-electron chi connectivity index (χ2n) is 4.81. The van der Waals surface area contributed by atoms with Crippen LogP contribution in [0.1, 0.15) is 17.3 Å². The molecule has 0 aliphatic rings. The number of hydrazone groups is 1. The van der Waals surface area contributed by atoms with E-state index in [0.717, 1.165) is 0 Å². The zero-order valence-electron chi connectivity index (χ0n) is 13.5. The molecule has 0 fully saturated rings. The van der Waals surface area contributed by atoms with E-state index in [1.807, 2.05) is 18.2 Å². The highest BCUT2D eigenvalue weighted by atomic mass is 16.5. The number of para-hydroxylation sites is 1. The maximum atomic E-state index is 12.3. The van der Waals surface area contributed by atoms with E-state index < -0.39 is 11.7 Å². The van der Waals surface area contributed by atoms with Gasteiger partial charge in [0.15, 0.2) is 0 Å². The highest BCUT2D eigenvalue weighted by Crippen LogP contribution is 2.13. The van der Waals surface area contributed by atoms with Crippen molar-refractivity contribution < 1.29 is 14.3 Å². The van der Waals surface area contributed by atoms with Gasteiger partial charge in [-0.25, -0.2) is 4.79 Å². The maximum absolute atomic E-state index is 12.3. The van der Waals surface area contributed by atoms with Crippen molar-refractivity contribution >= 4 is 29.0 Å². The normalized spacial score (nSPS) is 10.5. The van der Waals surface area contributed by atoms with Crippen LogP contribution in [-0.2, 0) is 9.53 Å². The fourth-order valence-electron chi connectivity index (χ4n) is 1.89. The van der Waals surface area contributed by atoms with Crippen LogP contribution in [0.5, 0.6) is 0 Å². The molecular formula is C18H16N4O3. The summed E-state index contributed by atoms with van der Waals surface area (Å²) in [6, 6.07) is 17.2. The molecular weight excluding hydrogens is 320 g/mol. The lowest BCUT2D eigenvalue weighted by Gasteiger charge is -2.07. The average molecular weight is 336 g/mol. The minimum Gasteiger partial charge on any atom is -0.461 e. The number of hydrogen-bond acceptors (Lipinski definition) is 6. The molecule has 2 aromatic carbocycles. The van der Waals surface area contributed by atoms with Crippen LogP contribution in [-0.4, -0.2) is 24.2 Å². The van der Waals surface area contributed by atoms with Crippen LogP contribution in [0.15, 0.2) is 59.7 Å². The van der Waals surface area contributed by atoms with Crippen LogP contribution >= 0.6 is 0 Å². The van der Waals surface area contributed by atoms with E-state index in [9.17, 15) is 9.59 Å². The lowest BCUT2D eigenvalue weighted by atomic mass is 10.2. The van der Waals surface area contributed by atoms with Gasteiger partial charge in [0.25, 0.3) is 5.91 Å². The average Bonchev–Trinajstić information content (AvgIpc) is 2.63. The Hall–Kier alpha value is -3.66. The standard InChI is InChI=1S/C18H16N4O3/c1-2-25-18(24)16(12-19)22-21-15-10-6-7-13(11-15)17(23)20-14-8-4-3-5-9-14/h3-11,21H,2H2,1H3,(H,20,23)/b22-16-. The van der Waals surface area contributed by atoms with Crippen LogP contribution in [0.25, 0.3) is 0 Å². The summed E-state index contributed by atoms with van der Waals surface area (Å²) in [6.45, 7) is 1.78. The van der Waals surface area contributed by atoms with Crippen molar-refractivity contribution in [3.05, 3.63) is 60.2 Å². The summed E-state index contributed by atoms with van der Waals surface area (Å²) < 4.78 is 4.72. The number of esters is 1. The third-order valence-corrected chi connectivity index (χ3v) is 3.03. The first-order chi connectivity index (χ1) is 12.1. The zero-order chi connectivity index (χ0) is 18.1. The van der Waals surface area contributed by atoms with Crippen molar-refractivity contribution in [1.29, 1.82) is 5.26 Å². The molecule has 0 aliphatic heterocycles. The summed E-state index contributed by atoms with van der Waals surface area (Å²) in [6.07, 6.45) is 0. The highest BCUT2D eigenvalue weighted by Gasteiger charge is 2.12. The molecule has 0 heterocycles. The first-order valence-electron chi connectivity index (χ1n) is 7.51. The lowest BCUT2D eigenvalue weighted by Crippen LogP contribution is -2.17. The molecule has 0 spiro atoms. The predicted octanol–water partition coefficient (Wildman–Crippen LogP) is 2.79. The number of anilines is 2. The molecule has 0 bridgehead atoms. The summed E-state index contributed by atoms with van der Waals surface area (Å²) in [4.78, 5) is 23.7. The third-order valence-electron chi connectivity index (χ3n) is 3.03. The molecule has 25 heavy (non-hydrogen) atoms. The van der Waals surface area contributed by atoms with Crippen molar-refractivity contribution in [3.63, 3.8) is 0 Å². The Labute approximate surface area is 144 Å². The molecule has 0 saturated carbocycles. The fraction of sp³-hybridized carbons (Fsp3) is 0.111. The molecule has 7 nitrogen and oxygen atoms in total. The molecule has 7 heteroatoms. The van der Waals surface area contributed by atoms with Gasteiger partial charge in [-0.1, -0.05) is 24.3 Å². The van der Waals surface area contributed by atoms with Crippen LogP contribution in [0.3, 0.4) is 0 Å². The van der Waals surface area contributed by atoms with Crippen LogP contribution in [0.2, 0.25) is 0 Å². The van der Waals surface area contributed by atoms with Crippen molar-refractivity contribution in [3.8, 4) is 6.07 Å². The molecule has 2 N–H and O–H groups in total. The van der Waals surface area contributed by atoms with E-state index in [4.69, 9.17) is 10.00 Å². The number of carbonyl (C=O) groups is 2. The van der Waals surface area contributed by atoms with Crippen molar-refractivity contribution in [2.24, 2.45) is 5.10 Å². The molecule has 2 aromatic rings. The Morgan fingerprint density at radius 1 is 1.12 bits per heavy atom. The van der Waals surface area contributed by atoms with Gasteiger partial charge >= 0.3 is 5.97 Å². The Morgan fingerprint density at radius 3 is 2.52 bits per heavy atom. The van der Waals surface area contributed by atoms with Crippen LogP contribution in [0, 0.1) is 11.3 Å². The maximum Gasteiger partial charge on any atom is 0.369 e. The smallest absolute Gasteiger partial charge is 0.369 e. The minimum absolute atomic E-state index is 0.147. The fourth-order valence-corrected chi connectivity index (χ4v) is 1.89. The predicted molar refractivity (Wildman–Crippen MR) is 94.1 cm³/mol. The van der Waals surface area contributed by atoms with Crippen molar-refractivity contribution in [1.82, 2.24) is 0 Å². The van der Waals surface area contributed by atoms with Gasteiger partial charge in [-0.2, -0.15) is 10.4 Å². The topological polar surface area (TPSA) is 104 Å². The molecule has 0 atom stereocenters. The molecule has 0 radical (unpaired) electrons. The van der Waals surface area contributed by atoms with E-state index in [1.54, 1.807) is 49.4 Å². The van der Waals surface area contributed by atoms with Gasteiger partial charge in [0.05, 0.1) is 12.3 Å². The van der Waals surface area contributed by atoms with Crippen molar-refractivity contribution in [2.45, 2.75) is 6.92 Å². The summed E-state index contributed by atoms with van der Waals surface area (Å²) in [7, 11) is 0. The van der Waals surface area contributed by atoms with Gasteiger partial charge < -0.3 is 10.1 Å². The Bertz CT molecular complexity index is 826. The summed E-state index contributed by atoms with van der Waals surface area (Å²) in [5.41, 5.74) is 3.71. The summed E-state index contributed by atoms with van der Waals surface area (Å²) in [5.74, 6) is -1.10. The minimum atomic E-state index is -0.810. The largest absolute Gasteiger partial charge is 0.461 e. The molecule has 0 aliphatic carbocycles. The third kappa shape index (κ3) is 5.18. The quantitative estimate of drug-likeness (QED) is 0.479. The highest BCUT2D eigenvalue weighted by molar-refractivity contribution is 6.43. The number of nitrogens with zero attached hydrogens (tertiary/aromatic N) is 2. The molecule has 0 aromatic heterocycles. The Balaban J connectivity index is 2.09.